The van der Waals surface area contributed by atoms with Gasteiger partial charge in [0.1, 0.15) is 0 Å². The van der Waals surface area contributed by atoms with Gasteiger partial charge in [0.15, 0.2) is 5.78 Å². The fourth-order valence-electron chi connectivity index (χ4n) is 0.506. The summed E-state index contributed by atoms with van der Waals surface area (Å²) in [5, 5.41) is 0. The minimum Gasteiger partial charge on any atom is -0.295 e. The van der Waals surface area contributed by atoms with Crippen molar-refractivity contribution in [3.8, 4) is 0 Å². The van der Waals surface area contributed by atoms with Crippen LogP contribution in [-0.2, 0) is 4.79 Å². The molecule has 0 saturated carbocycles. The molecule has 0 aromatic heterocycles. The summed E-state index contributed by atoms with van der Waals surface area (Å²) in [5.41, 5.74) is 0. The maximum atomic E-state index is 10.7. The standard InChI is InChI=1S/C7H11ClO/c1-2-4-7(9)5-3-6-8/h3,5H,2,4,6H2,1H3. The number of carbonyl (C=O) groups excluding carboxylic acids is 1. The highest BCUT2D eigenvalue weighted by Crippen LogP contribution is 1.90. The molecule has 0 saturated heterocycles. The minimum absolute atomic E-state index is 0.165. The molecule has 1 nitrogen and oxygen atoms in total. The maximum Gasteiger partial charge on any atom is 0.155 e. The average molecular weight is 147 g/mol. The Bertz CT molecular complexity index is 107. The molecule has 0 radical (unpaired) electrons. The van der Waals surface area contributed by atoms with Crippen molar-refractivity contribution in [2.45, 2.75) is 19.8 Å². The van der Waals surface area contributed by atoms with E-state index in [1.807, 2.05) is 6.92 Å². The van der Waals surface area contributed by atoms with Crippen molar-refractivity contribution in [2.24, 2.45) is 0 Å². The molecular formula is C7H11ClO. The predicted molar refractivity (Wildman–Crippen MR) is 39.8 cm³/mol. The first-order valence-electron chi connectivity index (χ1n) is 3.06. The van der Waals surface area contributed by atoms with E-state index in [9.17, 15) is 4.79 Å². The Hall–Kier alpha value is -0.300. The number of alkyl halides is 1. The lowest BCUT2D eigenvalue weighted by Gasteiger charge is -1.85. The van der Waals surface area contributed by atoms with Gasteiger partial charge in [-0.3, -0.25) is 4.79 Å². The number of carbonyl (C=O) groups is 1. The van der Waals surface area contributed by atoms with Gasteiger partial charge >= 0.3 is 0 Å². The van der Waals surface area contributed by atoms with Crippen LogP contribution >= 0.6 is 11.6 Å². The number of ketones is 1. The molecule has 0 heterocycles. The quantitative estimate of drug-likeness (QED) is 0.439. The number of rotatable bonds is 4. The predicted octanol–water partition coefficient (Wildman–Crippen LogP) is 2.15. The lowest BCUT2D eigenvalue weighted by atomic mass is 10.2. The minimum atomic E-state index is 0.165. The summed E-state index contributed by atoms with van der Waals surface area (Å²) in [6.45, 7) is 1.98. The molecule has 0 aliphatic heterocycles. The van der Waals surface area contributed by atoms with Crippen LogP contribution in [0.4, 0.5) is 0 Å². The summed E-state index contributed by atoms with van der Waals surface area (Å²) in [6.07, 6.45) is 4.74. The highest BCUT2D eigenvalue weighted by molar-refractivity contribution is 6.19. The highest BCUT2D eigenvalue weighted by Gasteiger charge is 1.90. The van der Waals surface area contributed by atoms with Gasteiger partial charge < -0.3 is 0 Å². The van der Waals surface area contributed by atoms with Crippen molar-refractivity contribution < 1.29 is 4.79 Å². The summed E-state index contributed by atoms with van der Waals surface area (Å²) in [7, 11) is 0. The molecule has 0 N–H and O–H groups in total. The van der Waals surface area contributed by atoms with Gasteiger partial charge in [-0.25, -0.2) is 0 Å². The molecule has 0 spiro atoms. The Morgan fingerprint density at radius 2 is 2.33 bits per heavy atom. The molecule has 0 atom stereocenters. The van der Waals surface area contributed by atoms with Crippen LogP contribution in [0.3, 0.4) is 0 Å². The summed E-state index contributed by atoms with van der Waals surface area (Å²) < 4.78 is 0. The van der Waals surface area contributed by atoms with Gasteiger partial charge in [-0.2, -0.15) is 0 Å². The molecule has 9 heavy (non-hydrogen) atoms. The SMILES string of the molecule is CCCC(=O)C=CCCl. The first-order chi connectivity index (χ1) is 4.31. The molecule has 0 aromatic rings. The Labute approximate surface area is 60.7 Å². The van der Waals surface area contributed by atoms with E-state index in [0.29, 0.717) is 12.3 Å². The molecule has 0 aliphatic carbocycles. The molecular weight excluding hydrogens is 136 g/mol. The molecule has 0 rings (SSSR count). The lowest BCUT2D eigenvalue weighted by molar-refractivity contribution is -0.114. The first-order valence-corrected chi connectivity index (χ1v) is 3.60. The molecule has 52 valence electrons. The van der Waals surface area contributed by atoms with E-state index in [4.69, 9.17) is 11.6 Å². The van der Waals surface area contributed by atoms with Crippen LogP contribution in [0.15, 0.2) is 12.2 Å². The number of hydrogen-bond acceptors (Lipinski definition) is 1. The third-order valence-corrected chi connectivity index (χ3v) is 1.07. The van der Waals surface area contributed by atoms with Crippen LogP contribution in [0.1, 0.15) is 19.8 Å². The van der Waals surface area contributed by atoms with Crippen LogP contribution in [0.5, 0.6) is 0 Å². The Morgan fingerprint density at radius 1 is 1.67 bits per heavy atom. The maximum absolute atomic E-state index is 10.7. The number of allylic oxidation sites excluding steroid dienone is 2. The first kappa shape index (κ1) is 8.70. The fourth-order valence-corrected chi connectivity index (χ4v) is 0.595. The normalized spacial score (nSPS) is 10.4. The van der Waals surface area contributed by atoms with Crippen LogP contribution in [-0.4, -0.2) is 11.7 Å². The summed E-state index contributed by atoms with van der Waals surface area (Å²) in [5.74, 6) is 0.591. The van der Waals surface area contributed by atoms with Crippen molar-refractivity contribution in [2.75, 3.05) is 5.88 Å². The number of halogens is 1. The molecule has 0 bridgehead atoms. The largest absolute Gasteiger partial charge is 0.295 e. The van der Waals surface area contributed by atoms with E-state index in [-0.39, 0.29) is 5.78 Å². The van der Waals surface area contributed by atoms with Gasteiger partial charge in [0.25, 0.3) is 0 Å². The van der Waals surface area contributed by atoms with Gasteiger partial charge in [-0.15, -0.1) is 11.6 Å². The van der Waals surface area contributed by atoms with Crippen LogP contribution in [0, 0.1) is 0 Å². The summed E-state index contributed by atoms with van der Waals surface area (Å²) >= 11 is 5.31. The topological polar surface area (TPSA) is 17.1 Å². The average Bonchev–Trinajstić information content (AvgIpc) is 1.85. The zero-order valence-electron chi connectivity index (χ0n) is 5.56. The van der Waals surface area contributed by atoms with Gasteiger partial charge in [0, 0.05) is 12.3 Å². The smallest absolute Gasteiger partial charge is 0.155 e. The monoisotopic (exact) mass is 146 g/mol. The van der Waals surface area contributed by atoms with E-state index in [0.717, 1.165) is 6.42 Å². The Kier molecular flexibility index (Phi) is 5.64. The Balaban J connectivity index is 3.37. The van der Waals surface area contributed by atoms with Gasteiger partial charge in [-0.05, 0) is 12.5 Å². The van der Waals surface area contributed by atoms with Crippen molar-refractivity contribution in [1.82, 2.24) is 0 Å². The van der Waals surface area contributed by atoms with E-state index in [2.05, 4.69) is 0 Å². The molecule has 0 fully saturated rings. The third kappa shape index (κ3) is 5.57. The van der Waals surface area contributed by atoms with Gasteiger partial charge in [0.2, 0.25) is 0 Å². The van der Waals surface area contributed by atoms with Gasteiger partial charge in [-0.1, -0.05) is 13.0 Å². The summed E-state index contributed by atoms with van der Waals surface area (Å²) in [6, 6.07) is 0. The van der Waals surface area contributed by atoms with E-state index < -0.39 is 0 Å². The van der Waals surface area contributed by atoms with Crippen molar-refractivity contribution in [1.29, 1.82) is 0 Å². The summed E-state index contributed by atoms with van der Waals surface area (Å²) in [4.78, 5) is 10.7. The lowest BCUT2D eigenvalue weighted by Crippen LogP contribution is -1.89. The second kappa shape index (κ2) is 5.83. The Morgan fingerprint density at radius 3 is 2.78 bits per heavy atom. The fraction of sp³-hybridized carbons (Fsp3) is 0.571. The van der Waals surface area contributed by atoms with Gasteiger partial charge in [0.05, 0.1) is 0 Å². The zero-order chi connectivity index (χ0) is 7.11. The van der Waals surface area contributed by atoms with E-state index in [1.54, 1.807) is 6.08 Å². The molecule has 0 aliphatic rings. The van der Waals surface area contributed by atoms with E-state index in [1.165, 1.54) is 6.08 Å². The number of hydrogen-bond donors (Lipinski definition) is 0. The van der Waals surface area contributed by atoms with Crippen LogP contribution < -0.4 is 0 Å². The molecule has 0 amide bonds. The highest BCUT2D eigenvalue weighted by atomic mass is 35.5. The van der Waals surface area contributed by atoms with Crippen LogP contribution in [0.2, 0.25) is 0 Å². The molecule has 2 heteroatoms. The van der Waals surface area contributed by atoms with Crippen molar-refractivity contribution >= 4 is 17.4 Å². The molecule has 0 aromatic carbocycles. The molecule has 0 unspecified atom stereocenters. The van der Waals surface area contributed by atoms with Crippen LogP contribution in [0.25, 0.3) is 0 Å². The zero-order valence-corrected chi connectivity index (χ0v) is 6.32. The van der Waals surface area contributed by atoms with E-state index >= 15 is 0 Å². The second-order valence-corrected chi connectivity index (χ2v) is 2.08. The third-order valence-electron chi connectivity index (χ3n) is 0.889. The second-order valence-electron chi connectivity index (χ2n) is 1.77. The van der Waals surface area contributed by atoms with Crippen molar-refractivity contribution in [3.05, 3.63) is 12.2 Å². The van der Waals surface area contributed by atoms with Crippen molar-refractivity contribution in [3.63, 3.8) is 0 Å².